The smallest absolute Gasteiger partial charge is 0.241 e. The van der Waals surface area contributed by atoms with Gasteiger partial charge in [-0.1, -0.05) is 13.8 Å². The summed E-state index contributed by atoms with van der Waals surface area (Å²) in [5.74, 6) is 0.0259. The predicted molar refractivity (Wildman–Crippen MR) is 82.9 cm³/mol. The molecule has 0 bridgehead atoms. The third-order valence-electron chi connectivity index (χ3n) is 5.63. The minimum atomic E-state index is -0.867. The number of amides is 1. The molecule has 1 aliphatic heterocycles. The van der Waals surface area contributed by atoms with Gasteiger partial charge in [0.25, 0.3) is 0 Å². The van der Waals surface area contributed by atoms with Gasteiger partial charge in [0.1, 0.15) is 5.54 Å². The zero-order valence-electron chi connectivity index (χ0n) is 13.8. The van der Waals surface area contributed by atoms with Crippen LogP contribution >= 0.6 is 0 Å². The van der Waals surface area contributed by atoms with E-state index in [1.807, 2.05) is 34.0 Å². The second kappa shape index (κ2) is 5.06. The molecule has 6 heteroatoms. The van der Waals surface area contributed by atoms with Gasteiger partial charge in [0, 0.05) is 36.7 Å². The van der Waals surface area contributed by atoms with Crippen LogP contribution in [-0.4, -0.2) is 33.9 Å². The lowest BCUT2D eigenvalue weighted by Crippen LogP contribution is -2.82. The maximum atomic E-state index is 12.9. The van der Waals surface area contributed by atoms with Crippen LogP contribution < -0.4 is 11.1 Å². The van der Waals surface area contributed by atoms with Crippen LogP contribution in [0.2, 0.25) is 0 Å². The van der Waals surface area contributed by atoms with E-state index in [0.717, 1.165) is 25.0 Å². The summed E-state index contributed by atoms with van der Waals surface area (Å²) in [6.07, 6.45) is 5.70. The minimum absolute atomic E-state index is 0.0828. The van der Waals surface area contributed by atoms with E-state index in [1.54, 1.807) is 10.9 Å². The molecule has 1 aliphatic carbocycles. The Morgan fingerprint density at radius 1 is 1.59 bits per heavy atom. The fourth-order valence-corrected chi connectivity index (χ4v) is 4.10. The lowest BCUT2D eigenvalue weighted by Gasteiger charge is -2.65. The molecule has 122 valence electrons. The molecule has 0 radical (unpaired) electrons. The van der Waals surface area contributed by atoms with Crippen molar-refractivity contribution in [2.75, 3.05) is 6.61 Å². The van der Waals surface area contributed by atoms with E-state index < -0.39 is 5.54 Å². The van der Waals surface area contributed by atoms with Gasteiger partial charge < -0.3 is 15.8 Å². The maximum absolute atomic E-state index is 12.9. The topological polar surface area (TPSA) is 82.2 Å². The van der Waals surface area contributed by atoms with E-state index >= 15 is 0 Å². The highest BCUT2D eigenvalue weighted by molar-refractivity contribution is 5.89. The number of fused-ring (bicyclic) bond motifs is 1. The zero-order chi connectivity index (χ0) is 16.1. The Labute approximate surface area is 131 Å². The van der Waals surface area contributed by atoms with Crippen molar-refractivity contribution in [2.45, 2.75) is 51.3 Å². The summed E-state index contributed by atoms with van der Waals surface area (Å²) in [6, 6.07) is -0.110. The van der Waals surface area contributed by atoms with E-state index in [0.29, 0.717) is 0 Å². The molecule has 4 unspecified atom stereocenters. The van der Waals surface area contributed by atoms with Crippen LogP contribution in [0.3, 0.4) is 0 Å². The highest BCUT2D eigenvalue weighted by atomic mass is 16.5. The van der Waals surface area contributed by atoms with Crippen molar-refractivity contribution in [3.8, 4) is 0 Å². The number of nitrogens with two attached hydrogens (primary N) is 1. The van der Waals surface area contributed by atoms with Crippen LogP contribution in [0.4, 0.5) is 0 Å². The quantitative estimate of drug-likeness (QED) is 0.877. The first kappa shape index (κ1) is 15.5. The average Bonchev–Trinajstić information content (AvgIpc) is 2.93. The highest BCUT2D eigenvalue weighted by Gasteiger charge is 2.70. The fraction of sp³-hybridized carbons (Fsp3) is 0.750. The molecule has 1 aromatic heterocycles. The highest BCUT2D eigenvalue weighted by Crippen LogP contribution is 2.57. The predicted octanol–water partition coefficient (Wildman–Crippen LogP) is 1.13. The van der Waals surface area contributed by atoms with Gasteiger partial charge >= 0.3 is 0 Å². The normalized spacial score (nSPS) is 34.4. The average molecular weight is 306 g/mol. The Morgan fingerprint density at radius 3 is 2.95 bits per heavy atom. The van der Waals surface area contributed by atoms with E-state index in [9.17, 15) is 4.79 Å². The van der Waals surface area contributed by atoms with E-state index in [-0.39, 0.29) is 29.4 Å². The van der Waals surface area contributed by atoms with Crippen molar-refractivity contribution in [1.29, 1.82) is 0 Å². The summed E-state index contributed by atoms with van der Waals surface area (Å²) >= 11 is 0. The van der Waals surface area contributed by atoms with Crippen LogP contribution in [0.15, 0.2) is 12.4 Å². The zero-order valence-corrected chi connectivity index (χ0v) is 13.8. The summed E-state index contributed by atoms with van der Waals surface area (Å²) in [6.45, 7) is 6.80. The van der Waals surface area contributed by atoms with Crippen molar-refractivity contribution in [2.24, 2.45) is 24.1 Å². The first-order chi connectivity index (χ1) is 10.3. The van der Waals surface area contributed by atoms with Crippen molar-refractivity contribution in [3.63, 3.8) is 0 Å². The third kappa shape index (κ3) is 2.01. The van der Waals surface area contributed by atoms with E-state index in [2.05, 4.69) is 10.4 Å². The van der Waals surface area contributed by atoms with Gasteiger partial charge in [0.2, 0.25) is 5.91 Å². The van der Waals surface area contributed by atoms with Crippen LogP contribution in [0, 0.1) is 11.3 Å². The second-order valence-corrected chi connectivity index (χ2v) is 7.27. The molecule has 0 spiro atoms. The molecule has 2 fully saturated rings. The third-order valence-corrected chi connectivity index (χ3v) is 5.63. The maximum Gasteiger partial charge on any atom is 0.241 e. The van der Waals surface area contributed by atoms with Crippen molar-refractivity contribution < 1.29 is 9.53 Å². The number of nitrogens with one attached hydrogen (secondary N) is 1. The Morgan fingerprint density at radius 2 is 2.32 bits per heavy atom. The second-order valence-electron chi connectivity index (χ2n) is 7.27. The monoisotopic (exact) mass is 306 g/mol. The SMILES string of the molecule is CC(NC(=O)C1(N)C2CCCOC2C1(C)C)c1cnn(C)c1. The number of hydrogen-bond donors (Lipinski definition) is 2. The molecule has 1 amide bonds. The number of aryl methyl sites for hydroxylation is 1. The number of carbonyl (C=O) groups is 1. The number of ether oxygens (including phenoxy) is 1. The van der Waals surface area contributed by atoms with E-state index in [1.165, 1.54) is 0 Å². The molecule has 1 aromatic rings. The molecule has 6 nitrogen and oxygen atoms in total. The fourth-order valence-electron chi connectivity index (χ4n) is 4.10. The molecule has 4 atom stereocenters. The molecular weight excluding hydrogens is 280 g/mol. The Bertz CT molecular complexity index is 582. The molecule has 2 heterocycles. The largest absolute Gasteiger partial charge is 0.377 e. The standard InChI is InChI=1S/C16H26N4O2/c1-10(11-8-18-20(4)9-11)19-14(21)16(17)12-6-5-7-22-13(12)15(16,2)3/h8-10,12-13H,5-7,17H2,1-4H3,(H,19,21). The lowest BCUT2D eigenvalue weighted by atomic mass is 9.46. The molecule has 2 aliphatic rings. The minimum Gasteiger partial charge on any atom is -0.377 e. The van der Waals surface area contributed by atoms with Gasteiger partial charge in [-0.15, -0.1) is 0 Å². The van der Waals surface area contributed by atoms with Crippen LogP contribution in [-0.2, 0) is 16.6 Å². The Balaban J connectivity index is 1.76. The number of rotatable bonds is 3. The van der Waals surface area contributed by atoms with E-state index in [4.69, 9.17) is 10.5 Å². The molecule has 1 saturated carbocycles. The Hall–Kier alpha value is -1.40. The van der Waals surface area contributed by atoms with Crippen molar-refractivity contribution in [3.05, 3.63) is 18.0 Å². The summed E-state index contributed by atoms with van der Waals surface area (Å²) in [7, 11) is 1.86. The molecular formula is C16H26N4O2. The Kier molecular flexibility index (Phi) is 3.57. The van der Waals surface area contributed by atoms with Gasteiger partial charge in [-0.25, -0.2) is 0 Å². The van der Waals surface area contributed by atoms with Gasteiger partial charge in [0.05, 0.1) is 18.3 Å². The number of hydrogen-bond acceptors (Lipinski definition) is 4. The van der Waals surface area contributed by atoms with Crippen molar-refractivity contribution in [1.82, 2.24) is 15.1 Å². The van der Waals surface area contributed by atoms with Gasteiger partial charge in [-0.3, -0.25) is 9.48 Å². The molecule has 1 saturated heterocycles. The molecule has 3 rings (SSSR count). The van der Waals surface area contributed by atoms with Crippen LogP contribution in [0.5, 0.6) is 0 Å². The number of aromatic nitrogens is 2. The van der Waals surface area contributed by atoms with Gasteiger partial charge in [0.15, 0.2) is 0 Å². The van der Waals surface area contributed by atoms with Crippen LogP contribution in [0.25, 0.3) is 0 Å². The number of nitrogens with zero attached hydrogens (tertiary/aromatic N) is 2. The summed E-state index contributed by atoms with van der Waals surface area (Å²) in [4.78, 5) is 12.9. The number of carbonyl (C=O) groups excluding carboxylic acids is 1. The summed E-state index contributed by atoms with van der Waals surface area (Å²) < 4.78 is 7.59. The lowest BCUT2D eigenvalue weighted by molar-refractivity contribution is -0.225. The van der Waals surface area contributed by atoms with Crippen LogP contribution in [0.1, 0.15) is 45.2 Å². The van der Waals surface area contributed by atoms with Crippen molar-refractivity contribution >= 4 is 5.91 Å². The first-order valence-corrected chi connectivity index (χ1v) is 7.98. The molecule has 3 N–H and O–H groups in total. The van der Waals surface area contributed by atoms with Gasteiger partial charge in [-0.2, -0.15) is 5.10 Å². The molecule has 0 aromatic carbocycles. The van der Waals surface area contributed by atoms with Gasteiger partial charge in [-0.05, 0) is 19.8 Å². The first-order valence-electron chi connectivity index (χ1n) is 7.98. The summed E-state index contributed by atoms with van der Waals surface area (Å²) in [5.41, 5.74) is 6.36. The molecule has 22 heavy (non-hydrogen) atoms. The summed E-state index contributed by atoms with van der Waals surface area (Å²) in [5, 5.41) is 7.22.